The van der Waals surface area contributed by atoms with Crippen molar-refractivity contribution in [2.45, 2.75) is 13.8 Å². The van der Waals surface area contributed by atoms with E-state index in [-0.39, 0.29) is 5.91 Å². The average molecular weight is 314 g/mol. The smallest absolute Gasteiger partial charge is 0.255 e. The Morgan fingerprint density at radius 2 is 1.84 bits per heavy atom. The van der Waals surface area contributed by atoms with E-state index in [1.54, 1.807) is 12.1 Å². The molecule has 0 aromatic heterocycles. The third-order valence-electron chi connectivity index (χ3n) is 2.93. The number of aryl methyl sites for hydroxylation is 2. The molecule has 0 spiro atoms. The molecule has 0 aliphatic carbocycles. The highest BCUT2D eigenvalue weighted by Crippen LogP contribution is 2.18. The Labute approximate surface area is 122 Å². The number of hydrogen-bond acceptors (Lipinski definition) is 1. The maximum Gasteiger partial charge on any atom is 0.255 e. The highest BCUT2D eigenvalue weighted by molar-refractivity contribution is 9.10. The van der Waals surface area contributed by atoms with Crippen LogP contribution < -0.4 is 10.8 Å². The molecule has 2 rings (SSSR count). The fraction of sp³-hybridized carbons (Fsp3) is 0.133. The molecule has 0 heterocycles. The van der Waals surface area contributed by atoms with Gasteiger partial charge in [0.1, 0.15) is 7.85 Å². The molecule has 0 aliphatic rings. The van der Waals surface area contributed by atoms with Crippen LogP contribution in [0.25, 0.3) is 0 Å². The van der Waals surface area contributed by atoms with Crippen molar-refractivity contribution < 1.29 is 4.79 Å². The summed E-state index contributed by atoms with van der Waals surface area (Å²) in [4.78, 5) is 12.2. The van der Waals surface area contributed by atoms with Crippen molar-refractivity contribution in [1.29, 1.82) is 0 Å². The maximum absolute atomic E-state index is 12.2. The quantitative estimate of drug-likeness (QED) is 0.848. The number of carbonyl (C=O) groups excluding carboxylic acids is 1. The zero-order chi connectivity index (χ0) is 14.0. The minimum absolute atomic E-state index is 0.113. The monoisotopic (exact) mass is 313 g/mol. The average Bonchev–Trinajstić information content (AvgIpc) is 2.32. The summed E-state index contributed by atoms with van der Waals surface area (Å²) < 4.78 is 0.963. The number of benzene rings is 2. The van der Waals surface area contributed by atoms with Crippen LogP contribution in [0.5, 0.6) is 0 Å². The van der Waals surface area contributed by atoms with Gasteiger partial charge >= 0.3 is 0 Å². The summed E-state index contributed by atoms with van der Waals surface area (Å²) in [5.74, 6) is -0.113. The number of hydrogen-bond donors (Lipinski definition) is 1. The Bertz CT molecular complexity index is 640. The van der Waals surface area contributed by atoms with Gasteiger partial charge in [0.05, 0.1) is 0 Å². The van der Waals surface area contributed by atoms with Crippen molar-refractivity contribution in [3.05, 3.63) is 57.6 Å². The molecule has 0 bridgehead atoms. The van der Waals surface area contributed by atoms with Gasteiger partial charge in [0.25, 0.3) is 5.91 Å². The van der Waals surface area contributed by atoms with Gasteiger partial charge in [-0.05, 0) is 49.2 Å². The fourth-order valence-corrected chi connectivity index (χ4v) is 2.37. The Morgan fingerprint density at radius 3 is 2.47 bits per heavy atom. The van der Waals surface area contributed by atoms with E-state index >= 15 is 0 Å². The van der Waals surface area contributed by atoms with E-state index in [2.05, 4.69) is 21.2 Å². The molecule has 4 heteroatoms. The van der Waals surface area contributed by atoms with Crippen LogP contribution >= 0.6 is 15.9 Å². The van der Waals surface area contributed by atoms with Crippen LogP contribution in [-0.4, -0.2) is 13.8 Å². The Hall–Kier alpha value is -1.55. The second-order valence-corrected chi connectivity index (χ2v) is 5.40. The van der Waals surface area contributed by atoms with Crippen molar-refractivity contribution in [3.63, 3.8) is 0 Å². The van der Waals surface area contributed by atoms with Crippen LogP contribution in [0.15, 0.2) is 40.9 Å². The van der Waals surface area contributed by atoms with Crippen molar-refractivity contribution in [1.82, 2.24) is 0 Å². The van der Waals surface area contributed by atoms with Crippen molar-refractivity contribution in [2.75, 3.05) is 5.32 Å². The maximum atomic E-state index is 12.2. The molecule has 2 aromatic rings. The van der Waals surface area contributed by atoms with Gasteiger partial charge in [-0.25, -0.2) is 0 Å². The highest BCUT2D eigenvalue weighted by Gasteiger charge is 2.10. The molecule has 94 valence electrons. The Morgan fingerprint density at radius 1 is 1.11 bits per heavy atom. The fourth-order valence-electron chi connectivity index (χ4n) is 1.90. The number of anilines is 1. The second kappa shape index (κ2) is 5.62. The summed E-state index contributed by atoms with van der Waals surface area (Å²) in [6.07, 6.45) is 0. The first-order valence-electron chi connectivity index (χ1n) is 5.91. The third kappa shape index (κ3) is 3.26. The summed E-state index contributed by atoms with van der Waals surface area (Å²) in [7, 11) is 5.69. The van der Waals surface area contributed by atoms with Gasteiger partial charge < -0.3 is 5.32 Å². The molecule has 0 saturated carbocycles. The SMILES string of the molecule is [B]c1ccc(NC(=O)c2ccc(Br)cc2C)c(C)c1. The van der Waals surface area contributed by atoms with Gasteiger partial charge in [0, 0.05) is 15.7 Å². The van der Waals surface area contributed by atoms with E-state index < -0.39 is 0 Å². The number of nitrogens with one attached hydrogen (secondary N) is 1. The van der Waals surface area contributed by atoms with Crippen LogP contribution in [-0.2, 0) is 0 Å². The molecule has 0 aliphatic heterocycles. The largest absolute Gasteiger partial charge is 0.322 e. The third-order valence-corrected chi connectivity index (χ3v) is 3.42. The molecule has 1 N–H and O–H groups in total. The molecule has 0 unspecified atom stereocenters. The van der Waals surface area contributed by atoms with Crippen LogP contribution in [0.2, 0.25) is 0 Å². The molecule has 2 aromatic carbocycles. The molecule has 2 radical (unpaired) electrons. The molecule has 0 saturated heterocycles. The zero-order valence-corrected chi connectivity index (χ0v) is 12.4. The van der Waals surface area contributed by atoms with E-state index in [1.165, 1.54) is 0 Å². The number of amides is 1. The first-order valence-corrected chi connectivity index (χ1v) is 6.70. The summed E-state index contributed by atoms with van der Waals surface area (Å²) in [5, 5.41) is 2.90. The first-order chi connectivity index (χ1) is 8.97. The van der Waals surface area contributed by atoms with Gasteiger partial charge in [-0.3, -0.25) is 4.79 Å². The number of carbonyl (C=O) groups is 1. The van der Waals surface area contributed by atoms with Crippen LogP contribution in [0.3, 0.4) is 0 Å². The van der Waals surface area contributed by atoms with Crippen LogP contribution in [0.4, 0.5) is 5.69 Å². The molecule has 19 heavy (non-hydrogen) atoms. The lowest BCUT2D eigenvalue weighted by Gasteiger charge is -2.11. The van der Waals surface area contributed by atoms with E-state index in [0.717, 1.165) is 21.3 Å². The first kappa shape index (κ1) is 13.9. The van der Waals surface area contributed by atoms with E-state index in [1.807, 2.05) is 38.1 Å². The van der Waals surface area contributed by atoms with Gasteiger partial charge in [0.15, 0.2) is 0 Å². The van der Waals surface area contributed by atoms with Crippen molar-refractivity contribution >= 4 is 40.8 Å². The topological polar surface area (TPSA) is 29.1 Å². The van der Waals surface area contributed by atoms with E-state index in [0.29, 0.717) is 11.0 Å². The van der Waals surface area contributed by atoms with Crippen molar-refractivity contribution in [3.8, 4) is 0 Å². The summed E-state index contributed by atoms with van der Waals surface area (Å²) in [6, 6.07) is 11.0. The van der Waals surface area contributed by atoms with E-state index in [9.17, 15) is 4.79 Å². The normalized spacial score (nSPS) is 10.3. The molecule has 2 nitrogen and oxygen atoms in total. The summed E-state index contributed by atoms with van der Waals surface area (Å²) in [6.45, 7) is 3.83. The van der Waals surface area contributed by atoms with Gasteiger partial charge in [-0.1, -0.05) is 33.5 Å². The molecule has 1 amide bonds. The van der Waals surface area contributed by atoms with Gasteiger partial charge in [0.2, 0.25) is 0 Å². The summed E-state index contributed by atoms with van der Waals surface area (Å²) >= 11 is 3.39. The lowest BCUT2D eigenvalue weighted by Crippen LogP contribution is -2.15. The molecule has 0 fully saturated rings. The van der Waals surface area contributed by atoms with Gasteiger partial charge in [-0.2, -0.15) is 0 Å². The van der Waals surface area contributed by atoms with E-state index in [4.69, 9.17) is 7.85 Å². The lowest BCUT2D eigenvalue weighted by atomic mass is 9.94. The van der Waals surface area contributed by atoms with Crippen LogP contribution in [0, 0.1) is 13.8 Å². The lowest BCUT2D eigenvalue weighted by molar-refractivity contribution is 0.102. The van der Waals surface area contributed by atoms with Crippen LogP contribution in [0.1, 0.15) is 21.5 Å². The number of rotatable bonds is 2. The molecular weight excluding hydrogens is 301 g/mol. The standard InChI is InChI=1S/C15H13BBrNO/c1-9-8-12(17)4-5-13(9)15(19)18-14-6-3-11(16)7-10(14)2/h3-8H,1-2H3,(H,18,19). The second-order valence-electron chi connectivity index (χ2n) is 4.49. The predicted molar refractivity (Wildman–Crippen MR) is 83.4 cm³/mol. The Kier molecular flexibility index (Phi) is 4.10. The molecular formula is C15H13BBrNO. The van der Waals surface area contributed by atoms with Crippen molar-refractivity contribution in [2.24, 2.45) is 0 Å². The van der Waals surface area contributed by atoms with Gasteiger partial charge in [-0.15, -0.1) is 0 Å². The minimum atomic E-state index is -0.113. The highest BCUT2D eigenvalue weighted by atomic mass is 79.9. The zero-order valence-electron chi connectivity index (χ0n) is 10.8. The number of halogens is 1. The predicted octanol–water partition coefficient (Wildman–Crippen LogP) is 3.11. The minimum Gasteiger partial charge on any atom is -0.322 e. The Balaban J connectivity index is 2.25. The molecule has 0 atom stereocenters. The summed E-state index contributed by atoms with van der Waals surface area (Å²) in [5.41, 5.74) is 4.01.